The van der Waals surface area contributed by atoms with Gasteiger partial charge in [0.1, 0.15) is 0 Å². The number of rotatable bonds is 5. The Kier molecular flexibility index (Phi) is 4.90. The Bertz CT molecular complexity index is 185. The van der Waals surface area contributed by atoms with E-state index in [2.05, 4.69) is 5.32 Å². The van der Waals surface area contributed by atoms with Gasteiger partial charge in [-0.2, -0.15) is 0 Å². The summed E-state index contributed by atoms with van der Waals surface area (Å²) in [6, 6.07) is 0.0806. The van der Waals surface area contributed by atoms with Gasteiger partial charge in [-0.25, -0.2) is 0 Å². The summed E-state index contributed by atoms with van der Waals surface area (Å²) in [5.74, 6) is 0.191. The zero-order valence-electron chi connectivity index (χ0n) is 8.83. The minimum atomic E-state index is 0.0806. The summed E-state index contributed by atoms with van der Waals surface area (Å²) < 4.78 is 0. The highest BCUT2D eigenvalue weighted by molar-refractivity contribution is 5.76. The second kappa shape index (κ2) is 5.98. The van der Waals surface area contributed by atoms with E-state index in [1.807, 2.05) is 11.9 Å². The fourth-order valence-corrected chi connectivity index (χ4v) is 1.91. The molecular weight excluding hydrogens is 180 g/mol. The van der Waals surface area contributed by atoms with E-state index in [1.54, 1.807) is 0 Å². The number of nitrogens with zero attached hydrogens (tertiary/aromatic N) is 1. The zero-order valence-corrected chi connectivity index (χ0v) is 8.83. The van der Waals surface area contributed by atoms with Crippen LogP contribution in [0.4, 0.5) is 0 Å². The number of nitrogens with one attached hydrogen (secondary N) is 1. The maximum atomic E-state index is 11.7. The highest BCUT2D eigenvalue weighted by Gasteiger charge is 2.27. The lowest BCUT2D eigenvalue weighted by molar-refractivity contribution is -0.132. The van der Waals surface area contributed by atoms with Crippen molar-refractivity contribution in [2.24, 2.45) is 0 Å². The van der Waals surface area contributed by atoms with Gasteiger partial charge in [0, 0.05) is 13.0 Å². The van der Waals surface area contributed by atoms with Crippen LogP contribution in [-0.4, -0.2) is 48.7 Å². The monoisotopic (exact) mass is 200 g/mol. The quantitative estimate of drug-likeness (QED) is 0.613. The highest BCUT2D eigenvalue weighted by atomic mass is 16.3. The van der Waals surface area contributed by atoms with Crippen LogP contribution in [0, 0.1) is 0 Å². The molecule has 1 amide bonds. The van der Waals surface area contributed by atoms with Crippen LogP contribution in [0.25, 0.3) is 0 Å². The lowest BCUT2D eigenvalue weighted by Crippen LogP contribution is -2.37. The molecule has 14 heavy (non-hydrogen) atoms. The van der Waals surface area contributed by atoms with Crippen LogP contribution in [0.3, 0.4) is 0 Å². The Morgan fingerprint density at radius 1 is 1.64 bits per heavy atom. The van der Waals surface area contributed by atoms with E-state index in [0.29, 0.717) is 6.42 Å². The molecular formula is C10H20N2O2. The summed E-state index contributed by atoms with van der Waals surface area (Å²) in [4.78, 5) is 13.5. The number of aliphatic hydroxyl groups excluding tert-OH is 1. The van der Waals surface area contributed by atoms with Crippen molar-refractivity contribution in [2.45, 2.75) is 31.7 Å². The first-order valence-corrected chi connectivity index (χ1v) is 5.34. The molecule has 0 aromatic rings. The number of hydrogen-bond acceptors (Lipinski definition) is 3. The predicted molar refractivity (Wildman–Crippen MR) is 55.0 cm³/mol. The molecule has 1 aliphatic heterocycles. The van der Waals surface area contributed by atoms with Crippen LogP contribution in [0.2, 0.25) is 0 Å². The second-order valence-corrected chi connectivity index (χ2v) is 3.77. The molecule has 0 aromatic heterocycles. The van der Waals surface area contributed by atoms with Crippen molar-refractivity contribution < 1.29 is 9.90 Å². The Hall–Kier alpha value is -0.610. The largest absolute Gasteiger partial charge is 0.394 e. The van der Waals surface area contributed by atoms with Crippen molar-refractivity contribution in [3.05, 3.63) is 0 Å². The average Bonchev–Trinajstić information content (AvgIpc) is 2.65. The maximum Gasteiger partial charge on any atom is 0.222 e. The van der Waals surface area contributed by atoms with Crippen LogP contribution in [-0.2, 0) is 4.79 Å². The first kappa shape index (κ1) is 11.5. The van der Waals surface area contributed by atoms with E-state index in [1.165, 1.54) is 0 Å². The van der Waals surface area contributed by atoms with Gasteiger partial charge < -0.3 is 15.3 Å². The molecule has 2 N–H and O–H groups in total. The number of amides is 1. The van der Waals surface area contributed by atoms with E-state index in [4.69, 9.17) is 5.11 Å². The molecule has 1 rings (SSSR count). The Balaban J connectivity index is 2.28. The molecule has 1 atom stereocenters. The van der Waals surface area contributed by atoms with Crippen LogP contribution in [0.5, 0.6) is 0 Å². The van der Waals surface area contributed by atoms with Crippen molar-refractivity contribution in [1.82, 2.24) is 10.2 Å². The van der Waals surface area contributed by atoms with E-state index < -0.39 is 0 Å². The zero-order chi connectivity index (χ0) is 10.4. The Labute approximate surface area is 85.3 Å². The van der Waals surface area contributed by atoms with Crippen molar-refractivity contribution in [2.75, 3.05) is 26.7 Å². The third-order valence-corrected chi connectivity index (χ3v) is 2.73. The van der Waals surface area contributed by atoms with Gasteiger partial charge in [-0.15, -0.1) is 0 Å². The van der Waals surface area contributed by atoms with Crippen molar-refractivity contribution >= 4 is 5.91 Å². The summed E-state index contributed by atoms with van der Waals surface area (Å²) in [6.07, 6.45) is 3.46. The van der Waals surface area contributed by atoms with E-state index in [-0.39, 0.29) is 18.6 Å². The minimum absolute atomic E-state index is 0.0806. The molecule has 1 saturated heterocycles. The summed E-state index contributed by atoms with van der Waals surface area (Å²) in [6.45, 7) is 1.81. The fraction of sp³-hybridized carbons (Fsp3) is 0.900. The molecule has 82 valence electrons. The number of carbonyl (C=O) groups excluding carboxylic acids is 1. The lowest BCUT2D eigenvalue weighted by Gasteiger charge is -2.22. The third kappa shape index (κ3) is 2.96. The smallest absolute Gasteiger partial charge is 0.222 e. The summed E-state index contributed by atoms with van der Waals surface area (Å²) in [5.41, 5.74) is 0. The van der Waals surface area contributed by atoms with Gasteiger partial charge in [0.2, 0.25) is 5.91 Å². The number of hydrogen-bond donors (Lipinski definition) is 2. The average molecular weight is 200 g/mol. The molecule has 0 radical (unpaired) electrons. The number of likely N-dealkylation sites (tertiary alicyclic amines) is 1. The first-order chi connectivity index (χ1) is 6.79. The Morgan fingerprint density at radius 3 is 3.07 bits per heavy atom. The van der Waals surface area contributed by atoms with Crippen molar-refractivity contribution in [1.29, 1.82) is 0 Å². The van der Waals surface area contributed by atoms with Crippen LogP contribution < -0.4 is 5.32 Å². The normalized spacial score (nSPS) is 21.6. The number of carbonyl (C=O) groups is 1. The minimum Gasteiger partial charge on any atom is -0.394 e. The van der Waals surface area contributed by atoms with E-state index in [9.17, 15) is 4.79 Å². The molecule has 4 heteroatoms. The van der Waals surface area contributed by atoms with Gasteiger partial charge in [-0.05, 0) is 32.9 Å². The molecule has 0 aliphatic carbocycles. The fourth-order valence-electron chi connectivity index (χ4n) is 1.91. The molecule has 0 spiro atoms. The SMILES string of the molecule is CNCCCC(=O)N1CCC[C@H]1CO. The van der Waals surface area contributed by atoms with Gasteiger partial charge in [-0.3, -0.25) is 4.79 Å². The molecule has 0 aromatic carbocycles. The second-order valence-electron chi connectivity index (χ2n) is 3.77. The molecule has 0 bridgehead atoms. The summed E-state index contributed by atoms with van der Waals surface area (Å²) in [7, 11) is 1.89. The standard InChI is InChI=1S/C10H20N2O2/c1-11-6-2-5-10(14)12-7-3-4-9(12)8-13/h9,11,13H,2-8H2,1H3/t9-/m0/s1. The van der Waals surface area contributed by atoms with Crippen LogP contribution in [0.15, 0.2) is 0 Å². The predicted octanol–water partition coefficient (Wildman–Crippen LogP) is -0.0307. The van der Waals surface area contributed by atoms with Gasteiger partial charge in [0.25, 0.3) is 0 Å². The summed E-state index contributed by atoms with van der Waals surface area (Å²) >= 11 is 0. The van der Waals surface area contributed by atoms with Crippen LogP contribution in [0.1, 0.15) is 25.7 Å². The molecule has 4 nitrogen and oxygen atoms in total. The number of aliphatic hydroxyl groups is 1. The lowest BCUT2D eigenvalue weighted by atomic mass is 10.2. The highest BCUT2D eigenvalue weighted by Crippen LogP contribution is 2.17. The van der Waals surface area contributed by atoms with Gasteiger partial charge in [0.15, 0.2) is 0 Å². The molecule has 1 fully saturated rings. The molecule has 0 saturated carbocycles. The molecule has 1 aliphatic rings. The topological polar surface area (TPSA) is 52.6 Å². The molecule has 1 heterocycles. The van der Waals surface area contributed by atoms with Gasteiger partial charge >= 0.3 is 0 Å². The Morgan fingerprint density at radius 2 is 2.43 bits per heavy atom. The summed E-state index contributed by atoms with van der Waals surface area (Å²) in [5, 5.41) is 12.1. The van der Waals surface area contributed by atoms with E-state index in [0.717, 1.165) is 32.4 Å². The van der Waals surface area contributed by atoms with E-state index >= 15 is 0 Å². The van der Waals surface area contributed by atoms with Gasteiger partial charge in [0.05, 0.1) is 12.6 Å². The van der Waals surface area contributed by atoms with Crippen molar-refractivity contribution in [3.63, 3.8) is 0 Å². The third-order valence-electron chi connectivity index (χ3n) is 2.73. The van der Waals surface area contributed by atoms with Gasteiger partial charge in [-0.1, -0.05) is 0 Å². The molecule has 0 unspecified atom stereocenters. The first-order valence-electron chi connectivity index (χ1n) is 5.34. The van der Waals surface area contributed by atoms with Crippen molar-refractivity contribution in [3.8, 4) is 0 Å². The maximum absolute atomic E-state index is 11.7. The van der Waals surface area contributed by atoms with Crippen LogP contribution >= 0.6 is 0 Å².